The fourth-order valence-corrected chi connectivity index (χ4v) is 2.84. The molecule has 1 unspecified atom stereocenters. The third-order valence-corrected chi connectivity index (χ3v) is 3.96. The van der Waals surface area contributed by atoms with Crippen molar-refractivity contribution < 1.29 is 0 Å². The molecule has 3 heterocycles. The van der Waals surface area contributed by atoms with Crippen molar-refractivity contribution >= 4 is 0 Å². The van der Waals surface area contributed by atoms with Gasteiger partial charge < -0.3 is 9.88 Å². The van der Waals surface area contributed by atoms with E-state index in [1.165, 1.54) is 5.56 Å². The molecule has 0 amide bonds. The highest BCUT2D eigenvalue weighted by Gasteiger charge is 2.26. The van der Waals surface area contributed by atoms with Crippen LogP contribution < -0.4 is 5.32 Å². The van der Waals surface area contributed by atoms with Crippen LogP contribution in [0.5, 0.6) is 0 Å². The normalized spacial score (nSPS) is 20.4. The van der Waals surface area contributed by atoms with Gasteiger partial charge in [0.15, 0.2) is 0 Å². The summed E-state index contributed by atoms with van der Waals surface area (Å²) in [6.45, 7) is 4.13. The van der Waals surface area contributed by atoms with Gasteiger partial charge in [-0.1, -0.05) is 0 Å². The van der Waals surface area contributed by atoms with Crippen LogP contribution in [-0.2, 0) is 20.5 Å². The summed E-state index contributed by atoms with van der Waals surface area (Å²) >= 11 is 0. The topological polar surface area (TPSA) is 50.9 Å². The second kappa shape index (κ2) is 5.76. The highest BCUT2D eigenvalue weighted by Crippen LogP contribution is 2.20. The van der Waals surface area contributed by atoms with Gasteiger partial charge >= 0.3 is 0 Å². The second-order valence-electron chi connectivity index (χ2n) is 5.42. The Labute approximate surface area is 119 Å². The lowest BCUT2D eigenvalue weighted by atomic mass is 10.1. The van der Waals surface area contributed by atoms with E-state index in [9.17, 15) is 0 Å². The lowest BCUT2D eigenvalue weighted by Gasteiger charge is -2.35. The molecule has 1 saturated heterocycles. The summed E-state index contributed by atoms with van der Waals surface area (Å²) in [5, 5.41) is 7.70. The Morgan fingerprint density at radius 2 is 2.30 bits per heavy atom. The SMILES string of the molecule is Cn1cc(CCN2CCNCC2c2nccn2C)cn1. The van der Waals surface area contributed by atoms with Gasteiger partial charge in [0, 0.05) is 58.9 Å². The zero-order valence-corrected chi connectivity index (χ0v) is 12.2. The highest BCUT2D eigenvalue weighted by atomic mass is 15.3. The van der Waals surface area contributed by atoms with E-state index >= 15 is 0 Å². The van der Waals surface area contributed by atoms with Crippen molar-refractivity contribution in [2.45, 2.75) is 12.5 Å². The van der Waals surface area contributed by atoms with Gasteiger partial charge in [-0.25, -0.2) is 4.98 Å². The molecule has 2 aromatic heterocycles. The van der Waals surface area contributed by atoms with Crippen LogP contribution in [0.15, 0.2) is 24.8 Å². The molecule has 1 fully saturated rings. The van der Waals surface area contributed by atoms with E-state index in [1.54, 1.807) is 0 Å². The molecule has 20 heavy (non-hydrogen) atoms. The summed E-state index contributed by atoms with van der Waals surface area (Å²) in [5.74, 6) is 1.14. The van der Waals surface area contributed by atoms with E-state index in [0.29, 0.717) is 6.04 Å². The number of aromatic nitrogens is 4. The van der Waals surface area contributed by atoms with Crippen LogP contribution in [0.3, 0.4) is 0 Å². The van der Waals surface area contributed by atoms with Gasteiger partial charge in [-0.2, -0.15) is 5.10 Å². The monoisotopic (exact) mass is 274 g/mol. The Morgan fingerprint density at radius 3 is 3.00 bits per heavy atom. The van der Waals surface area contributed by atoms with Crippen LogP contribution in [0.1, 0.15) is 17.4 Å². The Balaban J connectivity index is 1.68. The average Bonchev–Trinajstić information content (AvgIpc) is 3.05. The van der Waals surface area contributed by atoms with Crippen LogP contribution in [0, 0.1) is 0 Å². The molecule has 0 spiro atoms. The molecular weight excluding hydrogens is 252 g/mol. The molecule has 1 aliphatic rings. The summed E-state index contributed by atoms with van der Waals surface area (Å²) < 4.78 is 3.98. The van der Waals surface area contributed by atoms with Crippen molar-refractivity contribution in [2.24, 2.45) is 14.1 Å². The van der Waals surface area contributed by atoms with Gasteiger partial charge in [0.1, 0.15) is 5.82 Å². The summed E-state index contributed by atoms with van der Waals surface area (Å²) in [6.07, 6.45) is 8.98. The Hall–Kier alpha value is -1.66. The first-order valence-corrected chi connectivity index (χ1v) is 7.13. The lowest BCUT2D eigenvalue weighted by molar-refractivity contribution is 0.155. The second-order valence-corrected chi connectivity index (χ2v) is 5.42. The van der Waals surface area contributed by atoms with Crippen molar-refractivity contribution in [1.29, 1.82) is 0 Å². The van der Waals surface area contributed by atoms with Crippen LogP contribution in [0.2, 0.25) is 0 Å². The van der Waals surface area contributed by atoms with Gasteiger partial charge in [-0.05, 0) is 12.0 Å². The first kappa shape index (κ1) is 13.3. The smallest absolute Gasteiger partial charge is 0.127 e. The van der Waals surface area contributed by atoms with E-state index in [-0.39, 0.29) is 0 Å². The predicted octanol–water partition coefficient (Wildman–Crippen LogP) is 0.343. The van der Waals surface area contributed by atoms with E-state index in [4.69, 9.17) is 0 Å². The largest absolute Gasteiger partial charge is 0.337 e. The number of piperazine rings is 1. The third kappa shape index (κ3) is 2.76. The van der Waals surface area contributed by atoms with Crippen molar-refractivity contribution in [2.75, 3.05) is 26.2 Å². The Kier molecular flexibility index (Phi) is 3.84. The molecule has 6 heteroatoms. The van der Waals surface area contributed by atoms with E-state index in [0.717, 1.165) is 38.4 Å². The van der Waals surface area contributed by atoms with Gasteiger partial charge in [-0.15, -0.1) is 0 Å². The number of nitrogens with zero attached hydrogens (tertiary/aromatic N) is 5. The molecule has 0 aromatic carbocycles. The van der Waals surface area contributed by atoms with Gasteiger partial charge in [-0.3, -0.25) is 9.58 Å². The number of hydrogen-bond acceptors (Lipinski definition) is 4. The number of nitrogens with one attached hydrogen (secondary N) is 1. The minimum absolute atomic E-state index is 0.362. The molecule has 1 N–H and O–H groups in total. The molecule has 0 saturated carbocycles. The number of imidazole rings is 1. The summed E-state index contributed by atoms with van der Waals surface area (Å²) in [6, 6.07) is 0.362. The fourth-order valence-electron chi connectivity index (χ4n) is 2.84. The predicted molar refractivity (Wildman–Crippen MR) is 77.3 cm³/mol. The molecule has 3 rings (SSSR count). The molecule has 1 aliphatic heterocycles. The zero-order chi connectivity index (χ0) is 13.9. The first-order valence-electron chi connectivity index (χ1n) is 7.13. The number of rotatable bonds is 4. The Morgan fingerprint density at radius 1 is 1.40 bits per heavy atom. The zero-order valence-electron chi connectivity index (χ0n) is 12.2. The van der Waals surface area contributed by atoms with Crippen LogP contribution in [0.4, 0.5) is 0 Å². The van der Waals surface area contributed by atoms with Crippen molar-refractivity contribution in [3.63, 3.8) is 0 Å². The standard InChI is InChI=1S/C14H22N6/c1-18-7-5-16-14(18)13-10-15-4-8-20(13)6-3-12-9-17-19(2)11-12/h5,7,9,11,13,15H,3-4,6,8,10H2,1-2H3. The quantitative estimate of drug-likeness (QED) is 0.874. The third-order valence-electron chi connectivity index (χ3n) is 3.96. The molecular formula is C14H22N6. The first-order chi connectivity index (χ1) is 9.74. The molecule has 108 valence electrons. The summed E-state index contributed by atoms with van der Waals surface area (Å²) in [5.41, 5.74) is 1.30. The van der Waals surface area contributed by atoms with E-state index < -0.39 is 0 Å². The highest BCUT2D eigenvalue weighted by molar-refractivity contribution is 5.06. The Bertz CT molecular complexity index is 558. The van der Waals surface area contributed by atoms with E-state index in [1.807, 2.05) is 30.3 Å². The maximum Gasteiger partial charge on any atom is 0.127 e. The molecule has 0 radical (unpaired) electrons. The van der Waals surface area contributed by atoms with Gasteiger partial charge in [0.05, 0.1) is 12.2 Å². The van der Waals surface area contributed by atoms with Crippen molar-refractivity contribution in [3.8, 4) is 0 Å². The van der Waals surface area contributed by atoms with Crippen LogP contribution >= 0.6 is 0 Å². The fraction of sp³-hybridized carbons (Fsp3) is 0.571. The van der Waals surface area contributed by atoms with Gasteiger partial charge in [0.2, 0.25) is 0 Å². The van der Waals surface area contributed by atoms with Crippen molar-refractivity contribution in [3.05, 3.63) is 36.2 Å². The van der Waals surface area contributed by atoms with Crippen LogP contribution in [-0.4, -0.2) is 50.4 Å². The molecule has 0 bridgehead atoms. The molecule has 1 atom stereocenters. The van der Waals surface area contributed by atoms with E-state index in [2.05, 4.69) is 38.1 Å². The summed E-state index contributed by atoms with van der Waals surface area (Å²) in [4.78, 5) is 7.03. The van der Waals surface area contributed by atoms with Gasteiger partial charge in [0.25, 0.3) is 0 Å². The summed E-state index contributed by atoms with van der Waals surface area (Å²) in [7, 11) is 4.03. The number of hydrogen-bond donors (Lipinski definition) is 1. The minimum Gasteiger partial charge on any atom is -0.337 e. The maximum atomic E-state index is 4.51. The number of aryl methyl sites for hydroxylation is 2. The molecule has 0 aliphatic carbocycles. The molecule has 6 nitrogen and oxygen atoms in total. The lowest BCUT2D eigenvalue weighted by Crippen LogP contribution is -2.47. The maximum absolute atomic E-state index is 4.51. The van der Waals surface area contributed by atoms with Crippen LogP contribution in [0.25, 0.3) is 0 Å². The average molecular weight is 274 g/mol. The molecule has 2 aromatic rings. The minimum atomic E-state index is 0.362. The van der Waals surface area contributed by atoms with Crippen molar-refractivity contribution in [1.82, 2.24) is 29.5 Å².